The standard InChI is InChI=1S/C104H82N8/c1-9-25-87(26-10-1)107(88-27-11-2-12-28-88)97-61-69-101(70-62-97)111(102-71-63-98(64-72-102)108(89-29-13-3-14-30-89)90-31-15-4-16-32-90)95-57-47-82(48-58-95)78-81-45-51-84(52-46-81)105-83-49-41-79(42-50-83)77-80-43-53-85(54-44-80)106-86-55-59-96(60-56-86)112(103-73-65-99(66-74-103)109(91-33-17-5-18-34-91)92-35-19-6-20-36-92)104-75-67-100(68-76-104)110(93-37-21-7-22-38-93)94-39-23-8-24-40-94/h1-76,105-106H,77-78H2. The fraction of sp³-hybridized carbons (Fsp3) is 0.0192. The maximum atomic E-state index is 3.68. The second-order valence-electron chi connectivity index (χ2n) is 27.7. The van der Waals surface area contributed by atoms with Crippen molar-refractivity contribution in [2.45, 2.75) is 12.8 Å². The number of anilines is 22. The Balaban J connectivity index is 0.552. The molecule has 0 heterocycles. The lowest BCUT2D eigenvalue weighted by Gasteiger charge is -2.29. The molecule has 0 aliphatic carbocycles. The van der Waals surface area contributed by atoms with E-state index in [-0.39, 0.29) is 0 Å². The highest BCUT2D eigenvalue weighted by Crippen LogP contribution is 2.45. The van der Waals surface area contributed by atoms with E-state index in [1.54, 1.807) is 0 Å². The van der Waals surface area contributed by atoms with Crippen LogP contribution in [0, 0.1) is 0 Å². The maximum Gasteiger partial charge on any atom is 0.0463 e. The van der Waals surface area contributed by atoms with Crippen LogP contribution >= 0.6 is 0 Å². The summed E-state index contributed by atoms with van der Waals surface area (Å²) in [4.78, 5) is 13.9. The number of hydrogen-bond acceptors (Lipinski definition) is 8. The van der Waals surface area contributed by atoms with Gasteiger partial charge in [-0.05, 0) is 302 Å². The van der Waals surface area contributed by atoms with Gasteiger partial charge < -0.3 is 40.0 Å². The molecule has 0 saturated carbocycles. The van der Waals surface area contributed by atoms with Gasteiger partial charge >= 0.3 is 0 Å². The molecule has 17 aromatic rings. The number of benzene rings is 17. The quantitative estimate of drug-likeness (QED) is 0.0556. The molecule has 112 heavy (non-hydrogen) atoms. The Hall–Kier alpha value is -14.9. The van der Waals surface area contributed by atoms with Crippen LogP contribution in [0.4, 0.5) is 125 Å². The summed E-state index contributed by atoms with van der Waals surface area (Å²) in [6.07, 6.45) is 1.62. The molecule has 0 atom stereocenters. The van der Waals surface area contributed by atoms with Gasteiger partial charge in [0.15, 0.2) is 0 Å². The smallest absolute Gasteiger partial charge is 0.0463 e. The van der Waals surface area contributed by atoms with Crippen molar-refractivity contribution >= 4 is 125 Å². The van der Waals surface area contributed by atoms with E-state index in [2.05, 4.69) is 501 Å². The molecule has 0 bridgehead atoms. The molecule has 538 valence electrons. The SMILES string of the molecule is c1ccc(N(c2ccccc2)c2ccc(N(c3ccc(Cc4ccc(Nc5ccc(Cc6ccc(Nc7ccc(N(c8ccc(N(c9ccccc9)c9ccccc9)cc8)c8ccc(N(c9ccccc9)c9ccccc9)cc8)cc7)cc6)cc5)cc4)cc3)c3ccc(N(c4ccccc4)c4ccccc4)cc3)cc2)cc1. The fourth-order valence-electron chi connectivity index (χ4n) is 14.7. The zero-order valence-electron chi connectivity index (χ0n) is 62.0. The molecule has 0 unspecified atom stereocenters. The Kier molecular flexibility index (Phi) is 21.0. The van der Waals surface area contributed by atoms with E-state index in [0.29, 0.717) is 0 Å². The van der Waals surface area contributed by atoms with Gasteiger partial charge in [-0.2, -0.15) is 0 Å². The molecule has 17 aromatic carbocycles. The minimum absolute atomic E-state index is 0.802. The monoisotopic (exact) mass is 1440 g/mol. The first kappa shape index (κ1) is 70.1. The molecule has 8 heteroatoms. The lowest BCUT2D eigenvalue weighted by molar-refractivity contribution is 1.18. The average Bonchev–Trinajstić information content (AvgIpc) is 0.782. The van der Waals surface area contributed by atoms with Crippen molar-refractivity contribution in [1.82, 2.24) is 0 Å². The molecule has 0 aliphatic heterocycles. The molecule has 0 saturated heterocycles. The third-order valence-corrected chi connectivity index (χ3v) is 20.2. The summed E-state index contributed by atoms with van der Waals surface area (Å²) in [5.74, 6) is 0. The van der Waals surface area contributed by atoms with Crippen molar-refractivity contribution in [1.29, 1.82) is 0 Å². The molecule has 0 spiro atoms. The van der Waals surface area contributed by atoms with Crippen molar-refractivity contribution in [3.63, 3.8) is 0 Å². The van der Waals surface area contributed by atoms with Crippen LogP contribution in [-0.4, -0.2) is 0 Å². The lowest BCUT2D eigenvalue weighted by Crippen LogP contribution is -2.13. The zero-order valence-corrected chi connectivity index (χ0v) is 62.0. The first-order valence-corrected chi connectivity index (χ1v) is 38.1. The molecule has 0 amide bonds. The van der Waals surface area contributed by atoms with E-state index in [4.69, 9.17) is 0 Å². The van der Waals surface area contributed by atoms with Crippen LogP contribution in [0.1, 0.15) is 22.3 Å². The molecule has 17 rings (SSSR count). The number of nitrogens with zero attached hydrogens (tertiary/aromatic N) is 6. The van der Waals surface area contributed by atoms with Crippen molar-refractivity contribution in [2.24, 2.45) is 0 Å². The molecule has 0 aromatic heterocycles. The van der Waals surface area contributed by atoms with Gasteiger partial charge in [0.2, 0.25) is 0 Å². The summed E-state index contributed by atoms with van der Waals surface area (Å²) >= 11 is 0. The summed E-state index contributed by atoms with van der Waals surface area (Å²) < 4.78 is 0. The van der Waals surface area contributed by atoms with E-state index in [0.717, 1.165) is 138 Å². The zero-order chi connectivity index (χ0) is 75.0. The second-order valence-corrected chi connectivity index (χ2v) is 27.7. The van der Waals surface area contributed by atoms with Crippen LogP contribution in [0.15, 0.2) is 461 Å². The number of hydrogen-bond donors (Lipinski definition) is 2. The van der Waals surface area contributed by atoms with Gasteiger partial charge in [-0.1, -0.05) is 194 Å². The van der Waals surface area contributed by atoms with Crippen molar-refractivity contribution in [3.8, 4) is 0 Å². The topological polar surface area (TPSA) is 43.5 Å². The van der Waals surface area contributed by atoms with E-state index < -0.39 is 0 Å². The lowest BCUT2D eigenvalue weighted by atomic mass is 10.0. The van der Waals surface area contributed by atoms with Crippen molar-refractivity contribution in [2.75, 3.05) is 40.0 Å². The van der Waals surface area contributed by atoms with E-state index in [1.165, 1.54) is 22.3 Å². The Morgan fingerprint density at radius 2 is 0.223 bits per heavy atom. The molecule has 0 aliphatic rings. The third kappa shape index (κ3) is 16.3. The normalized spacial score (nSPS) is 10.9. The van der Waals surface area contributed by atoms with Crippen LogP contribution in [0.25, 0.3) is 0 Å². The summed E-state index contributed by atoms with van der Waals surface area (Å²) in [5, 5.41) is 7.34. The van der Waals surface area contributed by atoms with Crippen LogP contribution in [0.3, 0.4) is 0 Å². The average molecular weight is 1440 g/mol. The van der Waals surface area contributed by atoms with Crippen molar-refractivity contribution in [3.05, 3.63) is 483 Å². The minimum atomic E-state index is 0.802. The molecule has 2 N–H and O–H groups in total. The highest BCUT2D eigenvalue weighted by atomic mass is 15.2. The van der Waals surface area contributed by atoms with E-state index >= 15 is 0 Å². The minimum Gasteiger partial charge on any atom is -0.356 e. The van der Waals surface area contributed by atoms with Gasteiger partial charge in [0, 0.05) is 125 Å². The number of nitrogens with one attached hydrogen (secondary N) is 2. The van der Waals surface area contributed by atoms with Gasteiger partial charge in [-0.15, -0.1) is 0 Å². The summed E-state index contributed by atoms with van der Waals surface area (Å²) in [6.45, 7) is 0. The van der Waals surface area contributed by atoms with Crippen molar-refractivity contribution < 1.29 is 0 Å². The Labute approximate surface area is 657 Å². The predicted octanol–water partition coefficient (Wildman–Crippen LogP) is 29.2. The highest BCUT2D eigenvalue weighted by molar-refractivity contribution is 5.87. The van der Waals surface area contributed by atoms with Crippen LogP contribution in [0.2, 0.25) is 0 Å². The van der Waals surface area contributed by atoms with Gasteiger partial charge in [-0.25, -0.2) is 0 Å². The Bertz CT molecular complexity index is 5000. The third-order valence-electron chi connectivity index (χ3n) is 20.2. The van der Waals surface area contributed by atoms with E-state index in [9.17, 15) is 0 Å². The molecular formula is C104H82N8. The second kappa shape index (κ2) is 33.5. The molecule has 0 radical (unpaired) electrons. The van der Waals surface area contributed by atoms with Crippen LogP contribution in [0.5, 0.6) is 0 Å². The highest BCUT2D eigenvalue weighted by Gasteiger charge is 2.22. The molecular weight excluding hydrogens is 1360 g/mol. The largest absolute Gasteiger partial charge is 0.356 e. The van der Waals surface area contributed by atoms with Gasteiger partial charge in [0.05, 0.1) is 0 Å². The summed E-state index contributed by atoms with van der Waals surface area (Å²) in [6, 6.07) is 164. The number of rotatable bonds is 26. The van der Waals surface area contributed by atoms with Crippen LogP contribution in [-0.2, 0) is 12.8 Å². The predicted molar refractivity (Wildman–Crippen MR) is 472 cm³/mol. The van der Waals surface area contributed by atoms with Gasteiger partial charge in [-0.3, -0.25) is 0 Å². The Morgan fingerprint density at radius 1 is 0.116 bits per heavy atom. The maximum absolute atomic E-state index is 3.68. The summed E-state index contributed by atoms with van der Waals surface area (Å²) in [7, 11) is 0. The number of para-hydroxylation sites is 8. The summed E-state index contributed by atoms with van der Waals surface area (Å²) in [5.41, 5.74) is 28.4. The van der Waals surface area contributed by atoms with Crippen LogP contribution < -0.4 is 40.0 Å². The van der Waals surface area contributed by atoms with E-state index in [1.807, 2.05) is 0 Å². The van der Waals surface area contributed by atoms with Gasteiger partial charge in [0.1, 0.15) is 0 Å². The first-order chi connectivity index (χ1) is 55.5. The van der Waals surface area contributed by atoms with Gasteiger partial charge in [0.25, 0.3) is 0 Å². The molecule has 8 nitrogen and oxygen atoms in total. The Morgan fingerprint density at radius 3 is 0.375 bits per heavy atom. The first-order valence-electron chi connectivity index (χ1n) is 38.1. The molecule has 0 fully saturated rings. The fourth-order valence-corrected chi connectivity index (χ4v) is 14.7.